The molecular formula is C10H8Cl2N2O. The van der Waals surface area contributed by atoms with Crippen molar-refractivity contribution in [3.8, 4) is 11.5 Å². The average molecular weight is 243 g/mol. The van der Waals surface area contributed by atoms with Gasteiger partial charge in [0.1, 0.15) is 0 Å². The summed E-state index contributed by atoms with van der Waals surface area (Å²) in [4.78, 5) is 0. The molecule has 15 heavy (non-hydrogen) atoms. The van der Waals surface area contributed by atoms with Crippen LogP contribution >= 0.6 is 23.2 Å². The van der Waals surface area contributed by atoms with Gasteiger partial charge in [0, 0.05) is 22.9 Å². The van der Waals surface area contributed by atoms with Crippen LogP contribution in [0.3, 0.4) is 0 Å². The van der Waals surface area contributed by atoms with Crippen molar-refractivity contribution in [3.63, 3.8) is 0 Å². The van der Waals surface area contributed by atoms with E-state index in [-0.39, 0.29) is 0 Å². The SMILES string of the molecule is ClCCc1nnc(-c2cccc(Cl)c2)o1. The van der Waals surface area contributed by atoms with E-state index in [4.69, 9.17) is 27.6 Å². The molecule has 1 aromatic heterocycles. The van der Waals surface area contributed by atoms with Gasteiger partial charge in [-0.25, -0.2) is 0 Å². The fourth-order valence-electron chi connectivity index (χ4n) is 1.17. The van der Waals surface area contributed by atoms with Crippen molar-refractivity contribution in [2.75, 3.05) is 5.88 Å². The molecular weight excluding hydrogens is 235 g/mol. The molecule has 0 saturated heterocycles. The standard InChI is InChI=1S/C10H8Cl2N2O/c11-5-4-9-13-14-10(15-9)7-2-1-3-8(12)6-7/h1-3,6H,4-5H2. The maximum absolute atomic E-state index is 5.85. The Labute approximate surface area is 97.0 Å². The van der Waals surface area contributed by atoms with Crippen molar-refractivity contribution >= 4 is 23.2 Å². The van der Waals surface area contributed by atoms with Gasteiger partial charge in [-0.05, 0) is 18.2 Å². The van der Waals surface area contributed by atoms with E-state index in [0.717, 1.165) is 5.56 Å². The number of hydrogen-bond donors (Lipinski definition) is 0. The monoisotopic (exact) mass is 242 g/mol. The molecule has 2 rings (SSSR count). The zero-order valence-corrected chi connectivity index (χ0v) is 9.29. The molecule has 0 aliphatic carbocycles. The Morgan fingerprint density at radius 2 is 2.13 bits per heavy atom. The number of alkyl halides is 1. The second-order valence-electron chi connectivity index (χ2n) is 2.95. The molecule has 2 aromatic rings. The maximum atomic E-state index is 5.85. The number of aryl methyl sites for hydroxylation is 1. The first-order valence-electron chi connectivity index (χ1n) is 4.44. The Morgan fingerprint density at radius 3 is 2.87 bits per heavy atom. The van der Waals surface area contributed by atoms with Crippen LogP contribution in [0, 0.1) is 0 Å². The van der Waals surface area contributed by atoms with Gasteiger partial charge in [-0.2, -0.15) is 0 Å². The minimum Gasteiger partial charge on any atom is -0.421 e. The Hall–Kier alpha value is -1.06. The zero-order valence-electron chi connectivity index (χ0n) is 7.78. The Bertz CT molecular complexity index is 456. The molecule has 0 unspecified atom stereocenters. The Kier molecular flexibility index (Phi) is 3.23. The molecule has 0 aliphatic heterocycles. The number of halogens is 2. The topological polar surface area (TPSA) is 38.9 Å². The molecule has 0 fully saturated rings. The van der Waals surface area contributed by atoms with Crippen molar-refractivity contribution in [1.82, 2.24) is 10.2 Å². The lowest BCUT2D eigenvalue weighted by Crippen LogP contribution is -1.84. The second kappa shape index (κ2) is 4.64. The van der Waals surface area contributed by atoms with Gasteiger partial charge in [0.2, 0.25) is 11.8 Å². The van der Waals surface area contributed by atoms with E-state index in [1.165, 1.54) is 0 Å². The van der Waals surface area contributed by atoms with Crippen LogP contribution in [0.1, 0.15) is 5.89 Å². The van der Waals surface area contributed by atoms with E-state index < -0.39 is 0 Å². The summed E-state index contributed by atoms with van der Waals surface area (Å²) in [6.07, 6.45) is 0.578. The van der Waals surface area contributed by atoms with Crippen LogP contribution in [0.4, 0.5) is 0 Å². The second-order valence-corrected chi connectivity index (χ2v) is 3.76. The van der Waals surface area contributed by atoms with Crippen LogP contribution in [0.5, 0.6) is 0 Å². The Balaban J connectivity index is 2.29. The largest absolute Gasteiger partial charge is 0.421 e. The van der Waals surface area contributed by atoms with Gasteiger partial charge in [-0.1, -0.05) is 17.7 Å². The van der Waals surface area contributed by atoms with Gasteiger partial charge in [0.15, 0.2) is 0 Å². The first kappa shape index (κ1) is 10.5. The molecule has 1 aromatic carbocycles. The Morgan fingerprint density at radius 1 is 1.27 bits per heavy atom. The summed E-state index contributed by atoms with van der Waals surface area (Å²) in [7, 11) is 0. The minimum absolute atomic E-state index is 0.469. The molecule has 0 N–H and O–H groups in total. The quantitative estimate of drug-likeness (QED) is 0.777. The molecule has 0 amide bonds. The van der Waals surface area contributed by atoms with Crippen LogP contribution in [0.25, 0.3) is 11.5 Å². The predicted octanol–water partition coefficient (Wildman–Crippen LogP) is 3.17. The van der Waals surface area contributed by atoms with Crippen molar-refractivity contribution in [2.45, 2.75) is 6.42 Å². The smallest absolute Gasteiger partial charge is 0.247 e. The maximum Gasteiger partial charge on any atom is 0.247 e. The van der Waals surface area contributed by atoms with Crippen LogP contribution in [0.2, 0.25) is 5.02 Å². The van der Waals surface area contributed by atoms with Crippen molar-refractivity contribution < 1.29 is 4.42 Å². The van der Waals surface area contributed by atoms with E-state index in [0.29, 0.717) is 29.1 Å². The lowest BCUT2D eigenvalue weighted by molar-refractivity contribution is 0.513. The van der Waals surface area contributed by atoms with E-state index in [9.17, 15) is 0 Å². The van der Waals surface area contributed by atoms with Crippen LogP contribution in [-0.2, 0) is 6.42 Å². The van der Waals surface area contributed by atoms with E-state index in [1.54, 1.807) is 12.1 Å². The molecule has 1 heterocycles. The first-order valence-corrected chi connectivity index (χ1v) is 5.35. The molecule has 0 aliphatic rings. The third-order valence-corrected chi connectivity index (χ3v) is 2.27. The van der Waals surface area contributed by atoms with Gasteiger partial charge >= 0.3 is 0 Å². The van der Waals surface area contributed by atoms with Crippen LogP contribution in [-0.4, -0.2) is 16.1 Å². The molecule has 78 valence electrons. The molecule has 0 bridgehead atoms. The van der Waals surface area contributed by atoms with E-state index in [2.05, 4.69) is 10.2 Å². The van der Waals surface area contributed by atoms with E-state index in [1.807, 2.05) is 12.1 Å². The van der Waals surface area contributed by atoms with Crippen molar-refractivity contribution in [1.29, 1.82) is 0 Å². The predicted molar refractivity (Wildman–Crippen MR) is 59.2 cm³/mol. The third-order valence-electron chi connectivity index (χ3n) is 1.85. The lowest BCUT2D eigenvalue weighted by atomic mass is 10.2. The van der Waals surface area contributed by atoms with Gasteiger partial charge in [-0.3, -0.25) is 0 Å². The summed E-state index contributed by atoms with van der Waals surface area (Å²) < 4.78 is 5.40. The van der Waals surface area contributed by atoms with Gasteiger partial charge in [0.25, 0.3) is 0 Å². The number of rotatable bonds is 3. The summed E-state index contributed by atoms with van der Waals surface area (Å²) >= 11 is 11.4. The average Bonchev–Trinajstić information content (AvgIpc) is 2.67. The van der Waals surface area contributed by atoms with Gasteiger partial charge < -0.3 is 4.42 Å². The summed E-state index contributed by atoms with van der Waals surface area (Å²) in [6.45, 7) is 0. The fraction of sp³-hybridized carbons (Fsp3) is 0.200. The lowest BCUT2D eigenvalue weighted by Gasteiger charge is -1.94. The zero-order chi connectivity index (χ0) is 10.7. The van der Waals surface area contributed by atoms with Crippen LogP contribution < -0.4 is 0 Å². The normalized spacial score (nSPS) is 10.5. The molecule has 3 nitrogen and oxygen atoms in total. The van der Waals surface area contributed by atoms with Crippen molar-refractivity contribution in [3.05, 3.63) is 35.2 Å². The fourth-order valence-corrected chi connectivity index (χ4v) is 1.53. The van der Waals surface area contributed by atoms with Crippen molar-refractivity contribution in [2.24, 2.45) is 0 Å². The summed E-state index contributed by atoms with van der Waals surface area (Å²) in [5, 5.41) is 8.42. The van der Waals surface area contributed by atoms with Crippen LogP contribution in [0.15, 0.2) is 28.7 Å². The highest BCUT2D eigenvalue weighted by Gasteiger charge is 2.07. The molecule has 5 heteroatoms. The number of nitrogens with zero attached hydrogens (tertiary/aromatic N) is 2. The highest BCUT2D eigenvalue weighted by atomic mass is 35.5. The highest BCUT2D eigenvalue weighted by Crippen LogP contribution is 2.21. The van der Waals surface area contributed by atoms with Gasteiger partial charge in [0.05, 0.1) is 0 Å². The summed E-state index contributed by atoms with van der Waals surface area (Å²) in [5.74, 6) is 1.48. The van der Waals surface area contributed by atoms with E-state index >= 15 is 0 Å². The third kappa shape index (κ3) is 2.49. The molecule has 0 saturated carbocycles. The number of hydrogen-bond acceptors (Lipinski definition) is 3. The molecule has 0 spiro atoms. The number of benzene rings is 1. The summed E-state index contributed by atoms with van der Waals surface area (Å²) in [5.41, 5.74) is 0.816. The molecule has 0 radical (unpaired) electrons. The number of aromatic nitrogens is 2. The first-order chi connectivity index (χ1) is 7.29. The minimum atomic E-state index is 0.469. The molecule has 0 atom stereocenters. The van der Waals surface area contributed by atoms with Gasteiger partial charge in [-0.15, -0.1) is 21.8 Å². The highest BCUT2D eigenvalue weighted by molar-refractivity contribution is 6.30. The summed E-state index contributed by atoms with van der Waals surface area (Å²) in [6, 6.07) is 7.27.